The van der Waals surface area contributed by atoms with Gasteiger partial charge in [0.2, 0.25) is 0 Å². The number of pyridine rings is 1. The summed E-state index contributed by atoms with van der Waals surface area (Å²) in [5, 5.41) is 3.63. The number of rotatable bonds is 6. The highest BCUT2D eigenvalue weighted by molar-refractivity contribution is 5.89. The van der Waals surface area contributed by atoms with Crippen molar-refractivity contribution < 1.29 is 14.3 Å². The second kappa shape index (κ2) is 8.33. The van der Waals surface area contributed by atoms with E-state index in [1.807, 2.05) is 31.2 Å². The topological polar surface area (TPSA) is 68.3 Å². The molecule has 0 radical (unpaired) electrons. The number of carbonyl (C=O) groups is 2. The Balaban J connectivity index is 1.94. The van der Waals surface area contributed by atoms with Gasteiger partial charge < -0.3 is 10.1 Å². The molecule has 0 saturated heterocycles. The van der Waals surface area contributed by atoms with Crippen LogP contribution >= 0.6 is 0 Å². The first-order valence-corrected chi connectivity index (χ1v) is 9.59. The fourth-order valence-electron chi connectivity index (χ4n) is 3.64. The number of esters is 1. The van der Waals surface area contributed by atoms with Gasteiger partial charge in [0.25, 0.3) is 0 Å². The molecule has 1 aromatic heterocycles. The number of anilines is 1. The van der Waals surface area contributed by atoms with Gasteiger partial charge in [-0.2, -0.15) is 0 Å². The van der Waals surface area contributed by atoms with Crippen molar-refractivity contribution in [2.24, 2.45) is 0 Å². The van der Waals surface area contributed by atoms with Crippen LogP contribution in [-0.2, 0) is 21.5 Å². The van der Waals surface area contributed by atoms with Crippen LogP contribution in [0.25, 0.3) is 0 Å². The Morgan fingerprint density at radius 1 is 1.19 bits per heavy atom. The number of hydrogen-bond donors (Lipinski definition) is 1. The van der Waals surface area contributed by atoms with Gasteiger partial charge in [0.05, 0.1) is 17.7 Å². The number of nitrogens with zero attached hydrogens (tertiary/aromatic N) is 1. The zero-order valence-electron chi connectivity index (χ0n) is 16.0. The molecule has 142 valence electrons. The van der Waals surface area contributed by atoms with Gasteiger partial charge in [-0.1, -0.05) is 37.3 Å². The van der Waals surface area contributed by atoms with E-state index in [9.17, 15) is 9.59 Å². The summed E-state index contributed by atoms with van der Waals surface area (Å²) in [6.45, 7) is 4.16. The molecule has 27 heavy (non-hydrogen) atoms. The van der Waals surface area contributed by atoms with Crippen LogP contribution < -0.4 is 5.32 Å². The molecule has 1 saturated carbocycles. The highest BCUT2D eigenvalue weighted by atomic mass is 16.5. The van der Waals surface area contributed by atoms with Gasteiger partial charge in [-0.3, -0.25) is 4.79 Å². The fraction of sp³-hybridized carbons (Fsp3) is 0.409. The summed E-state index contributed by atoms with van der Waals surface area (Å²) in [7, 11) is 0. The molecule has 3 rings (SSSR count). The summed E-state index contributed by atoms with van der Waals surface area (Å²) in [6, 6.07) is 12.1. The normalized spacial score (nSPS) is 16.0. The average Bonchev–Trinajstić information content (AvgIpc) is 2.71. The van der Waals surface area contributed by atoms with E-state index in [1.54, 1.807) is 13.1 Å². The second-order valence-corrected chi connectivity index (χ2v) is 6.92. The molecule has 0 aliphatic heterocycles. The molecule has 5 heteroatoms. The number of aromatic nitrogens is 1. The maximum Gasteiger partial charge on any atom is 0.339 e. The van der Waals surface area contributed by atoms with Gasteiger partial charge in [-0.15, -0.1) is 0 Å². The van der Waals surface area contributed by atoms with E-state index in [1.165, 1.54) is 0 Å². The predicted octanol–water partition coefficient (Wildman–Crippen LogP) is 4.27. The predicted molar refractivity (Wildman–Crippen MR) is 105 cm³/mol. The van der Waals surface area contributed by atoms with Gasteiger partial charge in [-0.05, 0) is 43.4 Å². The van der Waals surface area contributed by atoms with Crippen LogP contribution in [0.3, 0.4) is 0 Å². The molecule has 0 bridgehead atoms. The van der Waals surface area contributed by atoms with E-state index in [0.717, 1.165) is 36.2 Å². The van der Waals surface area contributed by atoms with Crippen LogP contribution in [0.5, 0.6) is 0 Å². The largest absolute Gasteiger partial charge is 0.462 e. The van der Waals surface area contributed by atoms with Gasteiger partial charge in [0.15, 0.2) is 0 Å². The van der Waals surface area contributed by atoms with E-state index in [0.29, 0.717) is 30.8 Å². The summed E-state index contributed by atoms with van der Waals surface area (Å²) in [6.07, 6.45) is 4.90. The van der Waals surface area contributed by atoms with Crippen LogP contribution in [0, 0.1) is 0 Å². The molecule has 0 amide bonds. The third kappa shape index (κ3) is 4.18. The number of aryl methyl sites for hydroxylation is 1. The zero-order valence-corrected chi connectivity index (χ0v) is 16.0. The van der Waals surface area contributed by atoms with E-state index in [4.69, 9.17) is 4.74 Å². The number of carbonyl (C=O) groups excluding carboxylic acids is 2. The molecule has 1 N–H and O–H groups in total. The summed E-state index contributed by atoms with van der Waals surface area (Å²) in [5.74, 6) is 0.723. The number of ether oxygens (including phenoxy) is 1. The minimum absolute atomic E-state index is 0.310. The van der Waals surface area contributed by atoms with E-state index >= 15 is 0 Å². The number of hydrogen-bond acceptors (Lipinski definition) is 5. The lowest BCUT2D eigenvalue weighted by molar-refractivity contribution is -0.121. The molecule has 0 atom stereocenters. The molecule has 5 nitrogen and oxygen atoms in total. The third-order valence-electron chi connectivity index (χ3n) is 5.20. The molecule has 2 aromatic rings. The SMILES string of the molecule is CCOC(=O)c1cnc(NC2(c3ccccc3)CCC(=O)CC2)c(CC)c1. The van der Waals surface area contributed by atoms with Crippen LogP contribution in [0.15, 0.2) is 42.6 Å². The lowest BCUT2D eigenvalue weighted by atomic mass is 9.76. The quantitative estimate of drug-likeness (QED) is 0.773. The third-order valence-corrected chi connectivity index (χ3v) is 5.20. The number of ketones is 1. The number of nitrogens with one attached hydrogen (secondary N) is 1. The minimum Gasteiger partial charge on any atom is -0.462 e. The molecular weight excluding hydrogens is 340 g/mol. The van der Waals surface area contributed by atoms with Crippen LogP contribution in [0.1, 0.15) is 61.0 Å². The van der Waals surface area contributed by atoms with E-state index < -0.39 is 0 Å². The van der Waals surface area contributed by atoms with Crippen molar-refractivity contribution in [1.29, 1.82) is 0 Å². The van der Waals surface area contributed by atoms with Crippen LogP contribution in [0.2, 0.25) is 0 Å². The lowest BCUT2D eigenvalue weighted by Crippen LogP contribution is -2.40. The standard InChI is InChI=1S/C22H26N2O3/c1-3-16-14-17(21(26)27-4-2)15-23-20(16)24-22(12-10-19(25)11-13-22)18-8-6-5-7-9-18/h5-9,14-15H,3-4,10-13H2,1-2H3,(H,23,24). The lowest BCUT2D eigenvalue weighted by Gasteiger charge is -2.39. The van der Waals surface area contributed by atoms with Gasteiger partial charge in [0, 0.05) is 19.0 Å². The maximum absolute atomic E-state index is 12.0. The van der Waals surface area contributed by atoms with Gasteiger partial charge >= 0.3 is 5.97 Å². The Kier molecular flexibility index (Phi) is 5.89. The Morgan fingerprint density at radius 3 is 2.52 bits per heavy atom. The van der Waals surface area contributed by atoms with Crippen LogP contribution in [-0.4, -0.2) is 23.3 Å². The number of benzene rings is 1. The average molecular weight is 366 g/mol. The second-order valence-electron chi connectivity index (χ2n) is 6.92. The summed E-state index contributed by atoms with van der Waals surface area (Å²) in [5.41, 5.74) is 2.27. The highest BCUT2D eigenvalue weighted by Gasteiger charge is 2.37. The van der Waals surface area contributed by atoms with Crippen molar-refractivity contribution in [2.45, 2.75) is 51.5 Å². The molecule has 1 fully saturated rings. The Labute approximate surface area is 160 Å². The van der Waals surface area contributed by atoms with Crippen molar-refractivity contribution in [2.75, 3.05) is 11.9 Å². The van der Waals surface area contributed by atoms with Crippen molar-refractivity contribution in [1.82, 2.24) is 4.98 Å². The summed E-state index contributed by atoms with van der Waals surface area (Å²) >= 11 is 0. The molecular formula is C22H26N2O3. The van der Waals surface area contributed by atoms with Gasteiger partial charge in [0.1, 0.15) is 11.6 Å². The van der Waals surface area contributed by atoms with Crippen molar-refractivity contribution in [3.8, 4) is 0 Å². The first-order valence-electron chi connectivity index (χ1n) is 9.59. The van der Waals surface area contributed by atoms with E-state index in [2.05, 4.69) is 22.4 Å². The summed E-state index contributed by atoms with van der Waals surface area (Å²) < 4.78 is 5.08. The molecule has 1 heterocycles. The molecule has 1 aliphatic rings. The minimum atomic E-state index is -0.354. The molecule has 1 aliphatic carbocycles. The fourth-order valence-corrected chi connectivity index (χ4v) is 3.64. The maximum atomic E-state index is 12.0. The van der Waals surface area contributed by atoms with Crippen molar-refractivity contribution >= 4 is 17.6 Å². The molecule has 0 spiro atoms. The van der Waals surface area contributed by atoms with Crippen molar-refractivity contribution in [3.05, 3.63) is 59.3 Å². The zero-order chi connectivity index (χ0) is 19.3. The first-order chi connectivity index (χ1) is 13.1. The Morgan fingerprint density at radius 2 is 1.89 bits per heavy atom. The van der Waals surface area contributed by atoms with Crippen molar-refractivity contribution in [3.63, 3.8) is 0 Å². The van der Waals surface area contributed by atoms with E-state index in [-0.39, 0.29) is 11.5 Å². The summed E-state index contributed by atoms with van der Waals surface area (Å²) in [4.78, 5) is 28.4. The Hall–Kier alpha value is -2.69. The Bertz CT molecular complexity index is 808. The van der Waals surface area contributed by atoms with Gasteiger partial charge in [-0.25, -0.2) is 9.78 Å². The molecule has 0 unspecified atom stereocenters. The number of Topliss-reactive ketones (excluding diaryl/α,β-unsaturated/α-hetero) is 1. The smallest absolute Gasteiger partial charge is 0.339 e. The molecule has 1 aromatic carbocycles. The van der Waals surface area contributed by atoms with Crippen LogP contribution in [0.4, 0.5) is 5.82 Å². The monoisotopic (exact) mass is 366 g/mol. The first kappa shape index (κ1) is 19.1. The highest BCUT2D eigenvalue weighted by Crippen LogP contribution is 2.39.